The minimum absolute atomic E-state index is 1.20. The maximum absolute atomic E-state index is 2.44. The molecule has 0 saturated carbocycles. The molecular formula is C128H76N4S8. The molecule has 0 bridgehead atoms. The van der Waals surface area contributed by atoms with Gasteiger partial charge in [0.05, 0.1) is 62.9 Å². The number of thiophene rings is 8. The molecule has 0 fully saturated rings. The molecule has 4 nitrogen and oxygen atoms in total. The first kappa shape index (κ1) is 81.5. The van der Waals surface area contributed by atoms with Crippen molar-refractivity contribution >= 4 is 296 Å². The third-order valence-electron chi connectivity index (χ3n) is 28.0. The van der Waals surface area contributed by atoms with Gasteiger partial charge in [0.15, 0.2) is 0 Å². The Kier molecular flexibility index (Phi) is 19.2. The van der Waals surface area contributed by atoms with Crippen molar-refractivity contribution in [2.45, 2.75) is 0 Å². The number of rotatable bonds is 8. The molecule has 140 heavy (non-hydrogen) atoms. The second kappa shape index (κ2) is 33.0. The van der Waals surface area contributed by atoms with Crippen molar-refractivity contribution in [3.8, 4) is 67.3 Å². The Morgan fingerprint density at radius 1 is 0.129 bits per heavy atom. The van der Waals surface area contributed by atoms with Gasteiger partial charge in [0, 0.05) is 182 Å². The molecule has 0 unspecified atom stereocenters. The van der Waals surface area contributed by atoms with Crippen molar-refractivity contribution in [3.63, 3.8) is 0 Å². The van der Waals surface area contributed by atoms with Gasteiger partial charge in [-0.1, -0.05) is 340 Å². The number of para-hydroxylation sites is 8. The first-order valence-corrected chi connectivity index (χ1v) is 53.7. The summed E-state index contributed by atoms with van der Waals surface area (Å²) < 4.78 is 31.4. The molecule has 20 aromatic carbocycles. The topological polar surface area (TPSA) is 19.7 Å². The summed E-state index contributed by atoms with van der Waals surface area (Å²) in [6.07, 6.45) is 0. The molecule has 32 rings (SSSR count). The summed E-state index contributed by atoms with van der Waals surface area (Å²) in [5.74, 6) is 0. The minimum atomic E-state index is 1.20. The molecule has 12 heteroatoms. The van der Waals surface area contributed by atoms with Crippen LogP contribution in [0.15, 0.2) is 461 Å². The van der Waals surface area contributed by atoms with Crippen LogP contribution in [0, 0.1) is 0 Å². The quantitative estimate of drug-likeness (QED) is 0.144. The van der Waals surface area contributed by atoms with E-state index < -0.39 is 0 Å². The van der Waals surface area contributed by atoms with Gasteiger partial charge in [-0.25, -0.2) is 0 Å². The van der Waals surface area contributed by atoms with Gasteiger partial charge in [0.2, 0.25) is 0 Å². The third-order valence-corrected chi connectivity index (χ3v) is 37.7. The lowest BCUT2D eigenvalue weighted by molar-refractivity contribution is 1.19. The van der Waals surface area contributed by atoms with Gasteiger partial charge in [0.25, 0.3) is 0 Å². The van der Waals surface area contributed by atoms with Gasteiger partial charge < -0.3 is 18.3 Å². The zero-order chi connectivity index (χ0) is 91.7. The Morgan fingerprint density at radius 3 is 0.814 bits per heavy atom. The van der Waals surface area contributed by atoms with Gasteiger partial charge in [-0.15, -0.1) is 90.7 Å². The Morgan fingerprint density at radius 2 is 0.386 bits per heavy atom. The van der Waals surface area contributed by atoms with E-state index in [1.54, 1.807) is 0 Å². The average molecular weight is 1930 g/mol. The second-order valence-electron chi connectivity index (χ2n) is 35.8. The zero-order valence-corrected chi connectivity index (χ0v) is 81.5. The van der Waals surface area contributed by atoms with Crippen LogP contribution in [0.25, 0.3) is 273 Å². The van der Waals surface area contributed by atoms with E-state index in [4.69, 9.17) is 0 Å². The smallest absolute Gasteiger partial charge is 0.0727 e. The summed E-state index contributed by atoms with van der Waals surface area (Å²) in [5.41, 5.74) is 25.6. The van der Waals surface area contributed by atoms with Crippen LogP contribution in [0.1, 0.15) is 0 Å². The molecule has 0 aliphatic rings. The lowest BCUT2D eigenvalue weighted by atomic mass is 9.98. The maximum atomic E-state index is 2.44. The summed E-state index contributed by atoms with van der Waals surface area (Å²) in [7, 11) is 0. The molecular weight excluding hydrogens is 1850 g/mol. The maximum Gasteiger partial charge on any atom is 0.0727 e. The van der Waals surface area contributed by atoms with Crippen LogP contribution in [0.3, 0.4) is 0 Å². The van der Waals surface area contributed by atoms with Crippen LogP contribution in [-0.2, 0) is 0 Å². The predicted octanol–water partition coefficient (Wildman–Crippen LogP) is 40.1. The van der Waals surface area contributed by atoms with E-state index >= 15 is 0 Å². The SMILES string of the molecule is c1ccc(-n2c3ccccc3c3sc4c(-c5ccc6c(c5)sc5ccccc56)cccc4c32)cc1.c1ccc(-n2c3ccccc3c3sc4c(-c5ccc6sc7ccccc7c6c5)cccc4c32)cc1.c1ccc(-n2c3ccccc3c3sc4c(-c5cccc6c5sc5ccccc56)cccc4c32)cc1.c1ccc(-n2c3ccccc3c3sc4c(-c5cccc6sc7ccccc7c56)cccc4c32)cc1. The fourth-order valence-electron chi connectivity index (χ4n) is 22.0. The van der Waals surface area contributed by atoms with Crippen molar-refractivity contribution in [2.75, 3.05) is 0 Å². The van der Waals surface area contributed by atoms with Crippen molar-refractivity contribution < 1.29 is 0 Å². The van der Waals surface area contributed by atoms with E-state index in [9.17, 15) is 0 Å². The normalized spacial score (nSPS) is 12.0. The first-order chi connectivity index (χ1) is 69.5. The molecule has 656 valence electrons. The molecule has 32 aromatic rings. The van der Waals surface area contributed by atoms with Gasteiger partial charge in [-0.05, 0) is 149 Å². The highest BCUT2D eigenvalue weighted by Crippen LogP contribution is 2.55. The van der Waals surface area contributed by atoms with Crippen LogP contribution in [0.4, 0.5) is 0 Å². The highest BCUT2D eigenvalue weighted by Gasteiger charge is 2.28. The zero-order valence-electron chi connectivity index (χ0n) is 74.9. The molecule has 0 radical (unpaired) electrons. The molecule has 12 aromatic heterocycles. The van der Waals surface area contributed by atoms with E-state index in [0.717, 1.165) is 0 Å². The fraction of sp³-hybridized carbons (Fsp3) is 0. The lowest BCUT2D eigenvalue weighted by Crippen LogP contribution is -1.92. The van der Waals surface area contributed by atoms with E-state index in [0.29, 0.717) is 0 Å². The Bertz CT molecular complexity index is 10600. The van der Waals surface area contributed by atoms with Gasteiger partial charge in [0.1, 0.15) is 0 Å². The number of aromatic nitrogens is 4. The molecule has 0 spiro atoms. The van der Waals surface area contributed by atoms with Crippen LogP contribution in [-0.4, -0.2) is 18.3 Å². The number of nitrogens with zero attached hydrogens (tertiary/aromatic N) is 4. The van der Waals surface area contributed by atoms with Crippen molar-refractivity contribution in [1.29, 1.82) is 0 Å². The highest BCUT2D eigenvalue weighted by atomic mass is 32.1. The summed E-state index contributed by atoms with van der Waals surface area (Å²) in [4.78, 5) is 0. The molecule has 12 heterocycles. The molecule has 0 N–H and O–H groups in total. The minimum Gasteiger partial charge on any atom is -0.308 e. The lowest BCUT2D eigenvalue weighted by Gasteiger charge is -2.09. The molecule has 0 aliphatic heterocycles. The number of fused-ring (bicyclic) bond motifs is 32. The van der Waals surface area contributed by atoms with E-state index in [-0.39, 0.29) is 0 Å². The Labute approximate surface area is 835 Å². The van der Waals surface area contributed by atoms with E-state index in [1.807, 2.05) is 90.7 Å². The van der Waals surface area contributed by atoms with Crippen molar-refractivity contribution in [2.24, 2.45) is 0 Å². The molecule has 0 saturated heterocycles. The Balaban J connectivity index is 0.0000000896. The van der Waals surface area contributed by atoms with E-state index in [1.165, 1.54) is 273 Å². The largest absolute Gasteiger partial charge is 0.308 e. The predicted molar refractivity (Wildman–Crippen MR) is 618 cm³/mol. The number of hydrogen-bond donors (Lipinski definition) is 0. The highest BCUT2D eigenvalue weighted by molar-refractivity contribution is 7.30. The van der Waals surface area contributed by atoms with E-state index in [2.05, 4.69) is 479 Å². The number of hydrogen-bond acceptors (Lipinski definition) is 8. The van der Waals surface area contributed by atoms with Crippen LogP contribution in [0.5, 0.6) is 0 Å². The molecule has 0 amide bonds. The summed E-state index contributed by atoms with van der Waals surface area (Å²) in [6.45, 7) is 0. The monoisotopic (exact) mass is 1920 g/mol. The molecule has 0 aliphatic carbocycles. The van der Waals surface area contributed by atoms with Gasteiger partial charge in [-0.3, -0.25) is 0 Å². The van der Waals surface area contributed by atoms with Gasteiger partial charge >= 0.3 is 0 Å². The second-order valence-corrected chi connectivity index (χ2v) is 44.2. The fourth-order valence-corrected chi connectivity index (χ4v) is 32.0. The average Bonchev–Trinajstić information content (AvgIpc) is 1.57. The Hall–Kier alpha value is -15.7. The standard InChI is InChI=1S/4C32H19NS2/c1-2-10-20(11-3-1)33-27-18-6-4-13-25(27)32-29(33)26-17-9-16-24(31(26)35-32)23-15-8-14-22-21-12-5-7-19-28(21)34-30(22)23;1-2-10-20(11-3-1)33-26-17-6-4-12-23(26)32-30(33)25-16-8-15-22(31(25)35-32)21-14-9-19-28-29(21)24-13-5-7-18-27(24)34-28;1-2-9-21(10-3-1)33-27-15-6-4-12-25(27)32-30(33)26-14-8-13-22(31(26)35-32)20-17-18-24-23-11-5-7-16-28(23)34-29(24)19-20;1-2-9-21(10-3-1)33-27-15-6-4-12-24(27)32-30(33)25-14-8-13-22(31(25)35-32)20-17-18-29-26(19-20)23-11-5-7-16-28(23)34-29/h4*1-19H. The summed E-state index contributed by atoms with van der Waals surface area (Å²) in [5, 5.41) is 21.3. The third kappa shape index (κ3) is 12.8. The van der Waals surface area contributed by atoms with Crippen LogP contribution >= 0.6 is 90.7 Å². The van der Waals surface area contributed by atoms with Crippen molar-refractivity contribution in [1.82, 2.24) is 18.3 Å². The van der Waals surface area contributed by atoms with Crippen molar-refractivity contribution in [3.05, 3.63) is 461 Å². The summed E-state index contributed by atoms with van der Waals surface area (Å²) in [6, 6.07) is 168. The molecule has 0 atom stereocenters. The van der Waals surface area contributed by atoms with Crippen LogP contribution < -0.4 is 0 Å². The first-order valence-electron chi connectivity index (χ1n) is 47.2. The summed E-state index contributed by atoms with van der Waals surface area (Å²) >= 11 is 15.2. The van der Waals surface area contributed by atoms with Crippen LogP contribution in [0.2, 0.25) is 0 Å². The number of benzene rings is 20. The van der Waals surface area contributed by atoms with Gasteiger partial charge in [-0.2, -0.15) is 0 Å².